The highest BCUT2D eigenvalue weighted by Gasteiger charge is 2.25. The van der Waals surface area contributed by atoms with Crippen LogP contribution in [0.4, 0.5) is 0 Å². The van der Waals surface area contributed by atoms with Crippen molar-refractivity contribution in [3.63, 3.8) is 0 Å². The van der Waals surface area contributed by atoms with E-state index in [0.717, 1.165) is 17.3 Å². The molecule has 0 radical (unpaired) electrons. The van der Waals surface area contributed by atoms with E-state index < -0.39 is 5.97 Å². The fraction of sp³-hybridized carbons (Fsp3) is 0.429. The summed E-state index contributed by atoms with van der Waals surface area (Å²) < 4.78 is 0.799. The van der Waals surface area contributed by atoms with Crippen LogP contribution in [-0.4, -0.2) is 35.0 Å². The maximum Gasteiger partial charge on any atom is 0.303 e. The van der Waals surface area contributed by atoms with Crippen LogP contribution < -0.4 is 0 Å². The predicted octanol–water partition coefficient (Wildman–Crippen LogP) is 2.78. The molecule has 19 heavy (non-hydrogen) atoms. The van der Waals surface area contributed by atoms with Crippen LogP contribution in [0.25, 0.3) is 0 Å². The second-order valence-electron chi connectivity index (χ2n) is 4.81. The zero-order chi connectivity index (χ0) is 13.8. The Morgan fingerprint density at radius 1 is 1.26 bits per heavy atom. The largest absolute Gasteiger partial charge is 0.481 e. The third kappa shape index (κ3) is 3.56. The molecule has 0 bridgehead atoms. The van der Waals surface area contributed by atoms with Gasteiger partial charge in [-0.05, 0) is 46.8 Å². The molecule has 2 rings (SSSR count). The highest BCUT2D eigenvalue weighted by molar-refractivity contribution is 9.10. The fourth-order valence-electron chi connectivity index (χ4n) is 2.39. The molecule has 1 saturated heterocycles. The van der Waals surface area contributed by atoms with E-state index in [0.29, 0.717) is 18.7 Å². The minimum Gasteiger partial charge on any atom is -0.481 e. The van der Waals surface area contributed by atoms with E-state index in [2.05, 4.69) is 15.9 Å². The number of nitrogens with zero attached hydrogens (tertiary/aromatic N) is 1. The fourth-order valence-corrected chi connectivity index (χ4v) is 2.85. The van der Waals surface area contributed by atoms with Gasteiger partial charge in [0.05, 0.1) is 5.56 Å². The summed E-state index contributed by atoms with van der Waals surface area (Å²) in [4.78, 5) is 24.8. The van der Waals surface area contributed by atoms with E-state index in [4.69, 9.17) is 5.11 Å². The minimum atomic E-state index is -0.754. The molecule has 1 aliphatic rings. The summed E-state index contributed by atoms with van der Waals surface area (Å²) in [7, 11) is 0. The number of halogens is 1. The first kappa shape index (κ1) is 14.1. The second kappa shape index (κ2) is 6.19. The number of hydrogen-bond acceptors (Lipinski definition) is 2. The van der Waals surface area contributed by atoms with Crippen molar-refractivity contribution in [2.24, 2.45) is 5.92 Å². The Morgan fingerprint density at radius 2 is 1.89 bits per heavy atom. The van der Waals surface area contributed by atoms with E-state index in [1.54, 1.807) is 11.0 Å². The Balaban J connectivity index is 1.96. The molecule has 1 heterocycles. The third-order valence-corrected chi connectivity index (χ3v) is 4.16. The van der Waals surface area contributed by atoms with Gasteiger partial charge in [-0.15, -0.1) is 0 Å². The van der Waals surface area contributed by atoms with Gasteiger partial charge in [0.25, 0.3) is 5.91 Å². The number of aliphatic carboxylic acids is 1. The van der Waals surface area contributed by atoms with Crippen LogP contribution in [0.2, 0.25) is 0 Å². The van der Waals surface area contributed by atoms with Crippen molar-refractivity contribution in [3.05, 3.63) is 34.3 Å². The number of carbonyl (C=O) groups excluding carboxylic acids is 1. The molecule has 4 nitrogen and oxygen atoms in total. The van der Waals surface area contributed by atoms with Crippen LogP contribution in [0.5, 0.6) is 0 Å². The minimum absolute atomic E-state index is 0.0150. The molecular formula is C14H16BrNO3. The topological polar surface area (TPSA) is 57.6 Å². The first-order chi connectivity index (χ1) is 9.08. The van der Waals surface area contributed by atoms with Crippen molar-refractivity contribution in [3.8, 4) is 0 Å². The highest BCUT2D eigenvalue weighted by atomic mass is 79.9. The third-order valence-electron chi connectivity index (χ3n) is 3.47. The van der Waals surface area contributed by atoms with Gasteiger partial charge in [0.2, 0.25) is 0 Å². The van der Waals surface area contributed by atoms with Crippen LogP contribution in [-0.2, 0) is 4.79 Å². The zero-order valence-electron chi connectivity index (χ0n) is 10.5. The van der Waals surface area contributed by atoms with Crippen LogP contribution in [0, 0.1) is 5.92 Å². The quantitative estimate of drug-likeness (QED) is 0.929. The van der Waals surface area contributed by atoms with Gasteiger partial charge in [-0.2, -0.15) is 0 Å². The van der Waals surface area contributed by atoms with Gasteiger partial charge < -0.3 is 10.0 Å². The molecule has 5 heteroatoms. The van der Waals surface area contributed by atoms with E-state index in [-0.39, 0.29) is 18.2 Å². The molecular weight excluding hydrogens is 310 g/mol. The smallest absolute Gasteiger partial charge is 0.303 e. The number of carboxylic acids is 1. The van der Waals surface area contributed by atoms with E-state index in [1.165, 1.54) is 0 Å². The van der Waals surface area contributed by atoms with Gasteiger partial charge >= 0.3 is 5.97 Å². The monoisotopic (exact) mass is 325 g/mol. The van der Waals surface area contributed by atoms with E-state index in [1.807, 2.05) is 18.2 Å². The number of amides is 1. The maximum atomic E-state index is 12.3. The Morgan fingerprint density at radius 3 is 2.47 bits per heavy atom. The van der Waals surface area contributed by atoms with Crippen molar-refractivity contribution in [2.75, 3.05) is 13.1 Å². The molecule has 1 aromatic rings. The average molecular weight is 326 g/mol. The molecule has 1 N–H and O–H groups in total. The number of piperidine rings is 1. The molecule has 0 aromatic heterocycles. The average Bonchev–Trinajstić information content (AvgIpc) is 2.39. The summed E-state index contributed by atoms with van der Waals surface area (Å²) >= 11 is 3.38. The van der Waals surface area contributed by atoms with Crippen LogP contribution in [0.15, 0.2) is 28.7 Å². The van der Waals surface area contributed by atoms with Gasteiger partial charge in [0.15, 0.2) is 0 Å². The van der Waals surface area contributed by atoms with Crippen molar-refractivity contribution < 1.29 is 14.7 Å². The van der Waals surface area contributed by atoms with Crippen molar-refractivity contribution >= 4 is 27.8 Å². The van der Waals surface area contributed by atoms with Crippen LogP contribution in [0.1, 0.15) is 29.6 Å². The molecule has 1 aromatic carbocycles. The molecule has 1 aliphatic heterocycles. The Kier molecular flexibility index (Phi) is 4.58. The summed E-state index contributed by atoms with van der Waals surface area (Å²) in [6.07, 6.45) is 1.74. The Bertz CT molecular complexity index is 481. The first-order valence-electron chi connectivity index (χ1n) is 6.33. The van der Waals surface area contributed by atoms with Crippen molar-refractivity contribution in [1.29, 1.82) is 0 Å². The SMILES string of the molecule is O=C(O)CC1CCN(C(=O)c2ccccc2Br)CC1. The van der Waals surface area contributed by atoms with Crippen molar-refractivity contribution in [2.45, 2.75) is 19.3 Å². The van der Waals surface area contributed by atoms with Crippen LogP contribution >= 0.6 is 15.9 Å². The van der Waals surface area contributed by atoms with Gasteiger partial charge in [0.1, 0.15) is 0 Å². The summed E-state index contributed by atoms with van der Waals surface area (Å²) in [6, 6.07) is 7.37. The standard InChI is InChI=1S/C14H16BrNO3/c15-12-4-2-1-3-11(12)14(19)16-7-5-10(6-8-16)9-13(17)18/h1-4,10H,5-9H2,(H,17,18). The first-order valence-corrected chi connectivity index (χ1v) is 7.13. The maximum absolute atomic E-state index is 12.3. The summed E-state index contributed by atoms with van der Waals surface area (Å²) in [5, 5.41) is 8.77. The number of benzene rings is 1. The highest BCUT2D eigenvalue weighted by Crippen LogP contribution is 2.24. The second-order valence-corrected chi connectivity index (χ2v) is 5.67. The molecule has 1 amide bonds. The molecule has 0 saturated carbocycles. The number of carboxylic acid groups (broad SMARTS) is 1. The molecule has 1 fully saturated rings. The number of carbonyl (C=O) groups is 2. The lowest BCUT2D eigenvalue weighted by atomic mass is 9.93. The normalized spacial score (nSPS) is 16.4. The molecule has 0 spiro atoms. The summed E-state index contributed by atoms with van der Waals surface area (Å²) in [6.45, 7) is 1.27. The number of hydrogen-bond donors (Lipinski definition) is 1. The lowest BCUT2D eigenvalue weighted by molar-refractivity contribution is -0.138. The molecule has 102 valence electrons. The van der Waals surface area contributed by atoms with E-state index in [9.17, 15) is 9.59 Å². The van der Waals surface area contributed by atoms with Gasteiger partial charge in [-0.25, -0.2) is 0 Å². The van der Waals surface area contributed by atoms with Gasteiger partial charge in [-0.1, -0.05) is 12.1 Å². The predicted molar refractivity (Wildman–Crippen MR) is 75.0 cm³/mol. The summed E-state index contributed by atoms with van der Waals surface area (Å²) in [5.41, 5.74) is 0.666. The van der Waals surface area contributed by atoms with Crippen molar-refractivity contribution in [1.82, 2.24) is 4.90 Å². The molecule has 0 atom stereocenters. The number of rotatable bonds is 3. The van der Waals surface area contributed by atoms with Gasteiger partial charge in [0, 0.05) is 24.0 Å². The Hall–Kier alpha value is -1.36. The number of likely N-dealkylation sites (tertiary alicyclic amines) is 1. The van der Waals surface area contributed by atoms with E-state index >= 15 is 0 Å². The zero-order valence-corrected chi connectivity index (χ0v) is 12.1. The Labute approximate surface area is 120 Å². The summed E-state index contributed by atoms with van der Waals surface area (Å²) in [5.74, 6) is -0.544. The molecule has 0 unspecified atom stereocenters. The molecule has 0 aliphatic carbocycles. The lowest BCUT2D eigenvalue weighted by Crippen LogP contribution is -2.39. The lowest BCUT2D eigenvalue weighted by Gasteiger charge is -2.31. The van der Waals surface area contributed by atoms with Crippen LogP contribution in [0.3, 0.4) is 0 Å². The van der Waals surface area contributed by atoms with Gasteiger partial charge in [-0.3, -0.25) is 9.59 Å².